The number of benzene rings is 1. The summed E-state index contributed by atoms with van der Waals surface area (Å²) in [5.74, 6) is 1.23. The summed E-state index contributed by atoms with van der Waals surface area (Å²) in [6, 6.07) is 7.27. The molecular formula is C14H22N2S. The van der Waals surface area contributed by atoms with E-state index in [0.717, 1.165) is 5.25 Å². The maximum absolute atomic E-state index is 3.65. The molecule has 17 heavy (non-hydrogen) atoms. The van der Waals surface area contributed by atoms with Crippen LogP contribution in [0.5, 0.6) is 0 Å². The Hall–Kier alpha value is -0.830. The van der Waals surface area contributed by atoms with E-state index in [-0.39, 0.29) is 0 Å². The summed E-state index contributed by atoms with van der Waals surface area (Å²) >= 11 is 2.07. The summed E-state index contributed by atoms with van der Waals surface area (Å²) < 4.78 is 0. The molecule has 0 saturated carbocycles. The molecule has 1 fully saturated rings. The van der Waals surface area contributed by atoms with Crippen molar-refractivity contribution < 1.29 is 0 Å². The molecule has 0 amide bonds. The average Bonchev–Trinajstić information content (AvgIpc) is 2.66. The zero-order valence-corrected chi connectivity index (χ0v) is 12.0. The third kappa shape index (κ3) is 3.09. The maximum Gasteiger partial charge on any atom is 0.0411 e. The van der Waals surface area contributed by atoms with Gasteiger partial charge in [0, 0.05) is 42.5 Å². The molecule has 0 aromatic heterocycles. The quantitative estimate of drug-likeness (QED) is 0.885. The van der Waals surface area contributed by atoms with Crippen LogP contribution in [0.4, 0.5) is 11.4 Å². The lowest BCUT2D eigenvalue weighted by Crippen LogP contribution is -2.19. The number of anilines is 2. The van der Waals surface area contributed by atoms with Gasteiger partial charge < -0.3 is 10.2 Å². The van der Waals surface area contributed by atoms with E-state index in [2.05, 4.69) is 68.1 Å². The third-order valence-electron chi connectivity index (χ3n) is 3.26. The van der Waals surface area contributed by atoms with Crippen molar-refractivity contribution >= 4 is 23.1 Å². The lowest BCUT2D eigenvalue weighted by molar-refractivity contribution is 0.747. The minimum absolute atomic E-state index is 0.632. The van der Waals surface area contributed by atoms with E-state index >= 15 is 0 Å². The summed E-state index contributed by atoms with van der Waals surface area (Å²) in [5.41, 5.74) is 3.88. The van der Waals surface area contributed by atoms with Gasteiger partial charge >= 0.3 is 0 Å². The van der Waals surface area contributed by atoms with E-state index in [1.54, 1.807) is 0 Å². The smallest absolute Gasteiger partial charge is 0.0411 e. The van der Waals surface area contributed by atoms with E-state index < -0.39 is 0 Å². The van der Waals surface area contributed by atoms with Crippen LogP contribution in [-0.4, -0.2) is 31.1 Å². The Morgan fingerprint density at radius 1 is 1.35 bits per heavy atom. The molecule has 0 radical (unpaired) electrons. The minimum atomic E-state index is 0.632. The lowest BCUT2D eigenvalue weighted by atomic mass is 10.1. The number of hydrogen-bond acceptors (Lipinski definition) is 3. The van der Waals surface area contributed by atoms with Gasteiger partial charge in [0.1, 0.15) is 0 Å². The van der Waals surface area contributed by atoms with Crippen LogP contribution in [0.2, 0.25) is 0 Å². The van der Waals surface area contributed by atoms with Crippen LogP contribution >= 0.6 is 11.8 Å². The highest BCUT2D eigenvalue weighted by Gasteiger charge is 2.21. The molecule has 1 aliphatic heterocycles. The SMILES string of the molecule is Cc1ccc(NC2CSC(C)C2)cc1N(C)C. The van der Waals surface area contributed by atoms with Crippen LogP contribution in [0.25, 0.3) is 0 Å². The van der Waals surface area contributed by atoms with Gasteiger partial charge in [0.15, 0.2) is 0 Å². The van der Waals surface area contributed by atoms with Gasteiger partial charge in [-0.05, 0) is 31.0 Å². The van der Waals surface area contributed by atoms with Gasteiger partial charge in [-0.3, -0.25) is 0 Å². The van der Waals surface area contributed by atoms with Crippen LogP contribution in [0.3, 0.4) is 0 Å². The largest absolute Gasteiger partial charge is 0.381 e. The zero-order valence-electron chi connectivity index (χ0n) is 11.2. The van der Waals surface area contributed by atoms with Crippen LogP contribution in [-0.2, 0) is 0 Å². The van der Waals surface area contributed by atoms with Crippen molar-refractivity contribution in [3.8, 4) is 0 Å². The Balaban J connectivity index is 2.08. The topological polar surface area (TPSA) is 15.3 Å². The molecule has 0 spiro atoms. The normalized spacial score (nSPS) is 23.8. The number of nitrogens with one attached hydrogen (secondary N) is 1. The number of hydrogen-bond donors (Lipinski definition) is 1. The van der Waals surface area contributed by atoms with Crippen LogP contribution in [0, 0.1) is 6.92 Å². The highest BCUT2D eigenvalue weighted by Crippen LogP contribution is 2.29. The zero-order chi connectivity index (χ0) is 12.4. The molecule has 2 unspecified atom stereocenters. The fourth-order valence-corrected chi connectivity index (χ4v) is 3.48. The van der Waals surface area contributed by atoms with Gasteiger partial charge in [0.05, 0.1) is 0 Å². The molecular weight excluding hydrogens is 228 g/mol. The predicted octanol–water partition coefficient (Wildman–Crippen LogP) is 3.37. The first-order valence-corrected chi connectivity index (χ1v) is 7.27. The second kappa shape index (κ2) is 5.21. The molecule has 1 aromatic rings. The van der Waals surface area contributed by atoms with Gasteiger partial charge in [-0.25, -0.2) is 0 Å². The number of rotatable bonds is 3. The van der Waals surface area contributed by atoms with Gasteiger partial charge in [-0.2, -0.15) is 11.8 Å². The number of nitrogens with zero attached hydrogens (tertiary/aromatic N) is 1. The van der Waals surface area contributed by atoms with Crippen molar-refractivity contribution in [2.24, 2.45) is 0 Å². The van der Waals surface area contributed by atoms with Crippen molar-refractivity contribution in [1.29, 1.82) is 0 Å². The Labute approximate surface area is 109 Å². The average molecular weight is 250 g/mol. The molecule has 1 aromatic carbocycles. The van der Waals surface area contributed by atoms with Crippen molar-refractivity contribution in [3.05, 3.63) is 23.8 Å². The maximum atomic E-state index is 3.65. The molecule has 1 saturated heterocycles. The Kier molecular flexibility index (Phi) is 3.87. The summed E-state index contributed by atoms with van der Waals surface area (Å²) in [4.78, 5) is 2.17. The number of aryl methyl sites for hydroxylation is 1. The van der Waals surface area contributed by atoms with Gasteiger partial charge in [-0.15, -0.1) is 0 Å². The second-order valence-corrected chi connectivity index (χ2v) is 6.59. The summed E-state index contributed by atoms with van der Waals surface area (Å²) in [7, 11) is 4.19. The van der Waals surface area contributed by atoms with E-state index in [0.29, 0.717) is 6.04 Å². The highest BCUT2D eigenvalue weighted by atomic mass is 32.2. The summed E-state index contributed by atoms with van der Waals surface area (Å²) in [6.45, 7) is 4.47. The first-order chi connectivity index (χ1) is 8.06. The molecule has 2 nitrogen and oxygen atoms in total. The molecule has 2 atom stereocenters. The van der Waals surface area contributed by atoms with Crippen molar-refractivity contribution in [1.82, 2.24) is 0 Å². The molecule has 3 heteroatoms. The molecule has 1 N–H and O–H groups in total. The van der Waals surface area contributed by atoms with Gasteiger partial charge in [0.2, 0.25) is 0 Å². The summed E-state index contributed by atoms with van der Waals surface area (Å²) in [5, 5.41) is 4.44. The molecule has 0 aliphatic carbocycles. The van der Waals surface area contributed by atoms with Crippen LogP contribution < -0.4 is 10.2 Å². The van der Waals surface area contributed by atoms with E-state index in [9.17, 15) is 0 Å². The fourth-order valence-electron chi connectivity index (χ4n) is 2.33. The Morgan fingerprint density at radius 3 is 2.71 bits per heavy atom. The summed E-state index contributed by atoms with van der Waals surface area (Å²) in [6.07, 6.45) is 1.27. The van der Waals surface area contributed by atoms with Crippen LogP contribution in [0.15, 0.2) is 18.2 Å². The lowest BCUT2D eigenvalue weighted by Gasteiger charge is -2.19. The molecule has 1 heterocycles. The van der Waals surface area contributed by atoms with E-state index in [1.807, 2.05) is 0 Å². The third-order valence-corrected chi connectivity index (χ3v) is 4.62. The molecule has 1 aliphatic rings. The van der Waals surface area contributed by atoms with E-state index in [1.165, 1.54) is 29.1 Å². The minimum Gasteiger partial charge on any atom is -0.381 e. The predicted molar refractivity (Wildman–Crippen MR) is 79.5 cm³/mol. The monoisotopic (exact) mass is 250 g/mol. The van der Waals surface area contributed by atoms with Gasteiger partial charge in [0.25, 0.3) is 0 Å². The van der Waals surface area contributed by atoms with Gasteiger partial charge in [-0.1, -0.05) is 13.0 Å². The first kappa shape index (κ1) is 12.6. The second-order valence-electron chi connectivity index (χ2n) is 5.12. The molecule has 2 rings (SSSR count). The Bertz CT molecular complexity index is 390. The Morgan fingerprint density at radius 2 is 2.12 bits per heavy atom. The van der Waals surface area contributed by atoms with Crippen molar-refractivity contribution in [2.75, 3.05) is 30.1 Å². The van der Waals surface area contributed by atoms with E-state index in [4.69, 9.17) is 0 Å². The first-order valence-electron chi connectivity index (χ1n) is 6.22. The van der Waals surface area contributed by atoms with Crippen molar-refractivity contribution in [3.63, 3.8) is 0 Å². The van der Waals surface area contributed by atoms with Crippen molar-refractivity contribution in [2.45, 2.75) is 31.6 Å². The fraction of sp³-hybridized carbons (Fsp3) is 0.571. The standard InChI is InChI=1S/C14H22N2S/c1-10-5-6-12(8-14(10)16(3)4)15-13-7-11(2)17-9-13/h5-6,8,11,13,15H,7,9H2,1-4H3. The molecule has 94 valence electrons. The highest BCUT2D eigenvalue weighted by molar-refractivity contribution is 8.00. The van der Waals surface area contributed by atoms with Crippen LogP contribution in [0.1, 0.15) is 18.9 Å². The number of thioether (sulfide) groups is 1. The molecule has 0 bridgehead atoms.